The number of nitrogens with one attached hydrogen (secondary N) is 1. The number of fused-ring (bicyclic) bond motifs is 15. The Balaban J connectivity index is 0.000000187. The quantitative estimate of drug-likeness (QED) is 0.0293. The number of carboxylic acid groups (broad SMARTS) is 2. The summed E-state index contributed by atoms with van der Waals surface area (Å²) in [6, 6.07) is 0. The molecule has 110 heavy (non-hydrogen) atoms. The van der Waals surface area contributed by atoms with Crippen molar-refractivity contribution in [3.05, 3.63) is 34.9 Å². The van der Waals surface area contributed by atoms with E-state index < -0.39 is 24.4 Å². The van der Waals surface area contributed by atoms with Gasteiger partial charge in [-0.15, -0.1) is 23.2 Å². The molecule has 0 aliphatic heterocycles. The van der Waals surface area contributed by atoms with E-state index in [9.17, 15) is 28.8 Å². The Bertz CT molecular complexity index is 3160. The molecule has 0 bridgehead atoms. The number of amides is 1. The normalized spacial score (nSPS) is 37.8. The van der Waals surface area contributed by atoms with Gasteiger partial charge < -0.3 is 29.7 Å². The number of rotatable bonds is 28. The first-order chi connectivity index (χ1) is 52.1. The number of hydrogen-bond acceptors (Lipinski definition) is 9. The van der Waals surface area contributed by atoms with Crippen LogP contribution in [0.1, 0.15) is 361 Å². The Kier molecular flexibility index (Phi) is 32.7. The Labute approximate surface area is 678 Å². The predicted octanol–water partition coefficient (Wildman–Crippen LogP) is 24.9. The van der Waals surface area contributed by atoms with Gasteiger partial charge in [0.15, 0.2) is 0 Å². The molecule has 9 saturated carbocycles. The van der Waals surface area contributed by atoms with Crippen LogP contribution >= 0.6 is 23.2 Å². The van der Waals surface area contributed by atoms with E-state index in [1.165, 1.54) is 172 Å². The van der Waals surface area contributed by atoms with Crippen LogP contribution in [0.5, 0.6) is 0 Å². The maximum absolute atomic E-state index is 12.4. The first-order valence-electron chi connectivity index (χ1n) is 45.6. The summed E-state index contributed by atoms with van der Waals surface area (Å²) in [7, 11) is 0. The molecule has 12 aliphatic carbocycles. The van der Waals surface area contributed by atoms with Crippen molar-refractivity contribution in [2.45, 2.75) is 380 Å². The van der Waals surface area contributed by atoms with E-state index >= 15 is 0 Å². The van der Waals surface area contributed by atoms with Gasteiger partial charge >= 0.3 is 29.8 Å². The van der Waals surface area contributed by atoms with Crippen LogP contribution in [0.3, 0.4) is 0 Å². The van der Waals surface area contributed by atoms with Crippen LogP contribution in [-0.2, 0) is 43.0 Å². The molecule has 12 nitrogen and oxygen atoms in total. The van der Waals surface area contributed by atoms with E-state index in [1.54, 1.807) is 5.57 Å². The van der Waals surface area contributed by atoms with E-state index in [0.717, 1.165) is 164 Å². The third-order valence-electron chi connectivity index (χ3n) is 33.7. The molecule has 0 aromatic heterocycles. The molecule has 0 aromatic rings. The van der Waals surface area contributed by atoms with E-state index in [-0.39, 0.29) is 78.1 Å². The van der Waals surface area contributed by atoms with Gasteiger partial charge in [0.05, 0.1) is 24.6 Å². The number of allylic oxidation sites excluding steroid dienone is 3. The number of esters is 3. The highest BCUT2D eigenvalue weighted by atomic mass is 35.5. The number of hydrogen-bond donors (Lipinski definition) is 3. The second kappa shape index (κ2) is 39.7. The molecule has 3 N–H and O–H groups in total. The van der Waals surface area contributed by atoms with E-state index in [4.69, 9.17) is 47.6 Å². The Morgan fingerprint density at radius 1 is 0.409 bits per heavy atom. The van der Waals surface area contributed by atoms with Crippen LogP contribution in [-0.4, -0.2) is 76.2 Å². The summed E-state index contributed by atoms with van der Waals surface area (Å²) < 4.78 is 17.3. The zero-order valence-corrected chi connectivity index (χ0v) is 73.7. The van der Waals surface area contributed by atoms with Crippen molar-refractivity contribution in [3.63, 3.8) is 0 Å². The Hall–Kier alpha value is -3.38. The van der Waals surface area contributed by atoms with Crippen LogP contribution in [0.15, 0.2) is 34.9 Å². The molecule has 15 unspecified atom stereocenters. The number of alkyl halides is 2. The molecule has 0 saturated heterocycles. The van der Waals surface area contributed by atoms with Crippen molar-refractivity contribution in [3.8, 4) is 0 Å². The fourth-order valence-electron chi connectivity index (χ4n) is 27.9. The van der Waals surface area contributed by atoms with E-state index in [2.05, 4.69) is 134 Å². The lowest BCUT2D eigenvalue weighted by molar-refractivity contribution is -0.154. The SMILES string of the molecule is CC(C)CCCC(C)C1CCC2C3CC=C4C[C@@H](OC(=O)CCC(=O)NCC(=O)O)CC[C@]4(C)C3CC[C@]12C.CC(C)CCCC(C)C1CCC2C3CC=C4C[C@@H](OC(=O)CCC(=O)O)CC[C@]4(C)C3CC[C@]12C.CCCC(=O)O[C@H]1CC[C@@]2(C)C(=CCC3C4CCC(C(C)CCCC(C)C)[C@@]4(C)CCC32)C1.ClCCl. The van der Waals surface area contributed by atoms with Crippen molar-refractivity contribution in [2.75, 3.05) is 11.9 Å². The molecule has 626 valence electrons. The summed E-state index contributed by atoms with van der Waals surface area (Å²) in [4.78, 5) is 69.7. The lowest BCUT2D eigenvalue weighted by Gasteiger charge is -2.58. The number of aliphatic carboxylic acids is 2. The summed E-state index contributed by atoms with van der Waals surface area (Å²) in [5.74, 6) is 12.0. The van der Waals surface area contributed by atoms with Crippen LogP contribution in [0, 0.1) is 139 Å². The monoisotopic (exact) mass is 1570 g/mol. The fourth-order valence-corrected chi connectivity index (χ4v) is 27.9. The minimum absolute atomic E-state index is 0.00772. The second-order valence-corrected chi connectivity index (χ2v) is 42.2. The van der Waals surface area contributed by atoms with Crippen molar-refractivity contribution >= 4 is 59.0 Å². The molecule has 1 amide bonds. The Morgan fingerprint density at radius 3 is 1.01 bits per heavy atom. The highest BCUT2D eigenvalue weighted by Crippen LogP contribution is 2.71. The average molecular weight is 1570 g/mol. The summed E-state index contributed by atoms with van der Waals surface area (Å²) in [5, 5.41) is 20.0. The van der Waals surface area contributed by atoms with Gasteiger partial charge in [-0.1, -0.05) is 204 Å². The third kappa shape index (κ3) is 21.1. The number of carboxylic acids is 2. The van der Waals surface area contributed by atoms with E-state index in [0.29, 0.717) is 28.1 Å². The summed E-state index contributed by atoms with van der Waals surface area (Å²) in [6.07, 6.45) is 50.7. The second-order valence-electron chi connectivity index (χ2n) is 41.3. The predicted molar refractivity (Wildman–Crippen MR) is 447 cm³/mol. The standard InChI is InChI=1S/C33H53NO5.C31H50O4.C31H52O2.CH2Cl2/c1-21(2)7-6-8-22(3)26-11-12-27-25-10-9-23-19-24(39-31(38)14-13-29(35)34-20-30(36)37)15-17-32(23,4)28(25)16-18-33(26,27)5;1-20(2)7-6-8-21(3)25-11-12-26-24-10-9-22-19-23(35-29(34)14-13-28(32)33)15-17-30(22,4)27(24)16-18-31(25,26)5;1-7-9-29(32)33-24-16-18-30(5)23(20-24)12-13-25-27-15-14-26(22(4)11-8-10-21(2)3)31(27,6)19-17-28(25)30;2-1-3/h9,21-22,24-28H,6-8,10-20H2,1-5H3,(H,34,35)(H,36,37);9,20-21,23-27H,6-8,10-19H2,1-5H3,(H,32,33);12,21-22,24-28H,7-11,13-20H2,1-6H3;1H2/t22?,24-,25?,26?,27?,28?,32-,33+;21?,23-,24?,25?,26?,27?,30-,31+;22?,24-,25?,26?,27?,28?,30-,31+;/m000./s1. The van der Waals surface area contributed by atoms with E-state index in [1.807, 2.05) is 0 Å². The molecule has 12 aliphatic rings. The van der Waals surface area contributed by atoms with Gasteiger partial charge in [0.25, 0.3) is 0 Å². The summed E-state index contributed by atoms with van der Waals surface area (Å²) >= 11 is 9.53. The molecular weight excluding hydrogens is 1410 g/mol. The van der Waals surface area contributed by atoms with Crippen molar-refractivity contribution in [2.24, 2.45) is 139 Å². The number of halogens is 2. The number of ether oxygens (including phenoxy) is 3. The molecule has 14 heteroatoms. The van der Waals surface area contributed by atoms with Crippen molar-refractivity contribution in [1.29, 1.82) is 0 Å². The molecule has 0 heterocycles. The molecule has 24 atom stereocenters. The van der Waals surface area contributed by atoms with Crippen LogP contribution in [0.2, 0.25) is 0 Å². The van der Waals surface area contributed by atoms with Crippen molar-refractivity contribution < 1.29 is 53.2 Å². The highest BCUT2D eigenvalue weighted by Gasteiger charge is 2.63. The summed E-state index contributed by atoms with van der Waals surface area (Å²) in [6.45, 7) is 39.0. The first kappa shape index (κ1) is 90.5. The maximum Gasteiger partial charge on any atom is 0.322 e. The van der Waals surface area contributed by atoms with Gasteiger partial charge in [0, 0.05) is 32.1 Å². The Morgan fingerprint density at radius 2 is 0.718 bits per heavy atom. The largest absolute Gasteiger partial charge is 0.481 e. The first-order valence-corrected chi connectivity index (χ1v) is 46.6. The lowest BCUT2D eigenvalue weighted by Crippen LogP contribution is -2.51. The summed E-state index contributed by atoms with van der Waals surface area (Å²) in [5.41, 5.74) is 7.00. The van der Waals surface area contributed by atoms with Gasteiger partial charge in [-0.2, -0.15) is 0 Å². The zero-order chi connectivity index (χ0) is 80.3. The average Bonchev–Trinajstić information content (AvgIpc) is 1.42. The molecule has 0 aromatic carbocycles. The molecule has 0 spiro atoms. The number of carbonyl (C=O) groups is 6. The minimum atomic E-state index is -1.10. The van der Waals surface area contributed by atoms with Crippen LogP contribution < -0.4 is 5.32 Å². The highest BCUT2D eigenvalue weighted by molar-refractivity contribution is 6.40. The fraction of sp³-hybridized carbons (Fsp3) is 0.875. The van der Waals surface area contributed by atoms with Gasteiger partial charge in [0.1, 0.15) is 24.9 Å². The maximum atomic E-state index is 12.4. The van der Waals surface area contributed by atoms with Gasteiger partial charge in [-0.25, -0.2) is 0 Å². The van der Waals surface area contributed by atoms with Gasteiger partial charge in [0.2, 0.25) is 5.91 Å². The smallest absolute Gasteiger partial charge is 0.322 e. The third-order valence-corrected chi connectivity index (χ3v) is 33.7. The molecule has 12 rings (SSSR count). The molecule has 0 radical (unpaired) electrons. The molecular formula is C96H157Cl2NO11. The number of carbonyl (C=O) groups excluding carboxylic acids is 4. The molecule has 9 fully saturated rings. The minimum Gasteiger partial charge on any atom is -0.481 e. The van der Waals surface area contributed by atoms with Gasteiger partial charge in [-0.05, 0) is 280 Å². The van der Waals surface area contributed by atoms with Crippen LogP contribution in [0.4, 0.5) is 0 Å². The van der Waals surface area contributed by atoms with Gasteiger partial charge in [-0.3, -0.25) is 28.8 Å². The topological polar surface area (TPSA) is 183 Å². The zero-order valence-electron chi connectivity index (χ0n) is 72.2. The van der Waals surface area contributed by atoms with Crippen molar-refractivity contribution in [1.82, 2.24) is 5.32 Å². The lowest BCUT2D eigenvalue weighted by atomic mass is 9.47. The van der Waals surface area contributed by atoms with Crippen LogP contribution in [0.25, 0.3) is 0 Å².